The minimum absolute atomic E-state index is 0.144. The molecule has 0 heterocycles. The van der Waals surface area contributed by atoms with Gasteiger partial charge >= 0.3 is 0 Å². The van der Waals surface area contributed by atoms with Crippen molar-refractivity contribution in [2.24, 2.45) is 0 Å². The zero-order valence-electron chi connectivity index (χ0n) is 10.5. The van der Waals surface area contributed by atoms with Crippen LogP contribution in [0, 0.1) is 0 Å². The Hall–Kier alpha value is -1.51. The van der Waals surface area contributed by atoms with Crippen LogP contribution < -0.4 is 0 Å². The van der Waals surface area contributed by atoms with E-state index in [4.69, 9.17) is 11.6 Å². The maximum Gasteiger partial charge on any atom is 0.142 e. The number of hydrogen-bond acceptors (Lipinski definition) is 2. The molecule has 94 valence electrons. The zero-order valence-corrected chi connectivity index (χ0v) is 11.3. The van der Waals surface area contributed by atoms with Crippen molar-refractivity contribution in [3.8, 4) is 16.9 Å². The Morgan fingerprint density at radius 2 is 1.78 bits per heavy atom. The molecule has 0 amide bonds. The molecule has 2 aromatic rings. The van der Waals surface area contributed by atoms with Crippen LogP contribution in [0.2, 0.25) is 5.02 Å². The lowest BCUT2D eigenvalue weighted by atomic mass is 10.0. The van der Waals surface area contributed by atoms with Gasteiger partial charge in [-0.3, -0.25) is 0 Å². The Bertz CT molecular complexity index is 538. The van der Waals surface area contributed by atoms with E-state index < -0.39 is 0 Å². The third-order valence-corrected chi connectivity index (χ3v) is 2.99. The van der Waals surface area contributed by atoms with Crippen LogP contribution in [0.4, 0.5) is 0 Å². The van der Waals surface area contributed by atoms with Crippen molar-refractivity contribution in [3.05, 3.63) is 53.1 Å². The second-order valence-electron chi connectivity index (χ2n) is 4.58. The number of rotatable bonds is 3. The van der Waals surface area contributed by atoms with Gasteiger partial charge in [0.05, 0.1) is 5.02 Å². The van der Waals surface area contributed by atoms with Gasteiger partial charge in [0.1, 0.15) is 5.75 Å². The number of phenolic OH excluding ortho intramolecular Hbond substituents is 1. The lowest BCUT2D eigenvalue weighted by Crippen LogP contribution is -2.10. The van der Waals surface area contributed by atoms with E-state index in [9.17, 15) is 5.11 Å². The van der Waals surface area contributed by atoms with Crippen LogP contribution in [0.15, 0.2) is 42.5 Å². The second-order valence-corrected chi connectivity index (χ2v) is 4.98. The average Bonchev–Trinajstić information content (AvgIpc) is 2.34. The van der Waals surface area contributed by atoms with E-state index in [2.05, 4.69) is 4.90 Å². The summed E-state index contributed by atoms with van der Waals surface area (Å²) in [7, 11) is 4.01. The molecule has 0 radical (unpaired) electrons. The zero-order chi connectivity index (χ0) is 13.1. The Kier molecular flexibility index (Phi) is 3.90. The average molecular weight is 262 g/mol. The maximum atomic E-state index is 10.1. The number of aromatic hydroxyl groups is 1. The van der Waals surface area contributed by atoms with Crippen molar-refractivity contribution >= 4 is 11.6 Å². The summed E-state index contributed by atoms with van der Waals surface area (Å²) in [6, 6.07) is 13.6. The molecule has 0 bridgehead atoms. The molecule has 2 nitrogen and oxygen atoms in total. The van der Waals surface area contributed by atoms with E-state index in [1.807, 2.05) is 56.6 Å². The summed E-state index contributed by atoms with van der Waals surface area (Å²) in [4.78, 5) is 2.07. The number of hydrogen-bond donors (Lipinski definition) is 1. The molecular formula is C15H16ClNO. The van der Waals surface area contributed by atoms with Gasteiger partial charge in [0.15, 0.2) is 0 Å². The van der Waals surface area contributed by atoms with Crippen LogP contribution in [0.5, 0.6) is 5.75 Å². The maximum absolute atomic E-state index is 10.1. The Morgan fingerprint density at radius 3 is 2.39 bits per heavy atom. The van der Waals surface area contributed by atoms with Gasteiger partial charge in [-0.1, -0.05) is 41.9 Å². The first-order valence-electron chi connectivity index (χ1n) is 5.79. The Labute approximate surface area is 112 Å². The van der Waals surface area contributed by atoms with Crippen LogP contribution in [0.3, 0.4) is 0 Å². The SMILES string of the molecule is CN(C)Cc1cc(Cl)c(O)c(-c2ccccc2)c1. The number of phenols is 1. The van der Waals surface area contributed by atoms with Crippen LogP contribution in [0.1, 0.15) is 5.56 Å². The molecule has 1 N–H and O–H groups in total. The first-order valence-corrected chi connectivity index (χ1v) is 6.17. The molecular weight excluding hydrogens is 246 g/mol. The summed E-state index contributed by atoms with van der Waals surface area (Å²) in [6.07, 6.45) is 0. The highest BCUT2D eigenvalue weighted by Crippen LogP contribution is 2.36. The highest BCUT2D eigenvalue weighted by Gasteiger charge is 2.10. The van der Waals surface area contributed by atoms with Crippen molar-refractivity contribution in [2.45, 2.75) is 6.54 Å². The summed E-state index contributed by atoms with van der Waals surface area (Å²) >= 11 is 6.08. The Morgan fingerprint density at radius 1 is 1.11 bits per heavy atom. The van der Waals surface area contributed by atoms with Crippen LogP contribution in [-0.2, 0) is 6.54 Å². The van der Waals surface area contributed by atoms with Gasteiger partial charge in [-0.2, -0.15) is 0 Å². The molecule has 0 aliphatic rings. The van der Waals surface area contributed by atoms with Gasteiger partial charge in [0.2, 0.25) is 0 Å². The first kappa shape index (κ1) is 12.9. The summed E-state index contributed by atoms with van der Waals surface area (Å²) in [5, 5.41) is 10.5. The predicted octanol–water partition coefficient (Wildman–Crippen LogP) is 3.77. The molecule has 0 saturated carbocycles. The predicted molar refractivity (Wildman–Crippen MR) is 75.9 cm³/mol. The summed E-state index contributed by atoms with van der Waals surface area (Å²) in [5.74, 6) is 0.144. The fourth-order valence-corrected chi connectivity index (χ4v) is 2.19. The van der Waals surface area contributed by atoms with E-state index in [-0.39, 0.29) is 5.75 Å². The lowest BCUT2D eigenvalue weighted by molar-refractivity contribution is 0.402. The normalized spacial score (nSPS) is 10.9. The van der Waals surface area contributed by atoms with E-state index in [0.717, 1.165) is 23.2 Å². The first-order chi connectivity index (χ1) is 8.58. The molecule has 0 aliphatic heterocycles. The molecule has 0 aliphatic carbocycles. The second kappa shape index (κ2) is 5.42. The van der Waals surface area contributed by atoms with Crippen LogP contribution in [-0.4, -0.2) is 24.1 Å². The van der Waals surface area contributed by atoms with E-state index in [1.165, 1.54) is 0 Å². The fraction of sp³-hybridized carbons (Fsp3) is 0.200. The van der Waals surface area contributed by atoms with Crippen LogP contribution in [0.25, 0.3) is 11.1 Å². The molecule has 0 aromatic heterocycles. The van der Waals surface area contributed by atoms with Crippen molar-refractivity contribution in [1.29, 1.82) is 0 Å². The summed E-state index contributed by atoms with van der Waals surface area (Å²) in [5.41, 5.74) is 2.83. The topological polar surface area (TPSA) is 23.5 Å². The highest BCUT2D eigenvalue weighted by molar-refractivity contribution is 6.32. The van der Waals surface area contributed by atoms with Crippen molar-refractivity contribution < 1.29 is 5.11 Å². The van der Waals surface area contributed by atoms with E-state index in [0.29, 0.717) is 5.02 Å². The third kappa shape index (κ3) is 2.84. The number of benzene rings is 2. The standard InChI is InChI=1S/C15H16ClNO/c1-17(2)10-11-8-13(15(18)14(16)9-11)12-6-4-3-5-7-12/h3-9,18H,10H2,1-2H3. The number of halogens is 1. The largest absolute Gasteiger partial charge is 0.506 e. The van der Waals surface area contributed by atoms with Crippen molar-refractivity contribution in [3.63, 3.8) is 0 Å². The van der Waals surface area contributed by atoms with Gasteiger partial charge < -0.3 is 10.0 Å². The van der Waals surface area contributed by atoms with Crippen molar-refractivity contribution in [1.82, 2.24) is 4.90 Å². The molecule has 0 saturated heterocycles. The monoisotopic (exact) mass is 261 g/mol. The van der Waals surface area contributed by atoms with Gasteiger partial charge in [-0.25, -0.2) is 0 Å². The minimum Gasteiger partial charge on any atom is -0.506 e. The number of nitrogens with zero attached hydrogens (tertiary/aromatic N) is 1. The molecule has 0 atom stereocenters. The summed E-state index contributed by atoms with van der Waals surface area (Å²) < 4.78 is 0. The molecule has 2 aromatic carbocycles. The molecule has 0 unspecified atom stereocenters. The fourth-order valence-electron chi connectivity index (χ4n) is 1.95. The molecule has 18 heavy (non-hydrogen) atoms. The van der Waals surface area contributed by atoms with Crippen molar-refractivity contribution in [2.75, 3.05) is 14.1 Å². The van der Waals surface area contributed by atoms with Gasteiger partial charge in [0.25, 0.3) is 0 Å². The molecule has 3 heteroatoms. The molecule has 0 fully saturated rings. The third-order valence-electron chi connectivity index (χ3n) is 2.71. The van der Waals surface area contributed by atoms with Crippen LogP contribution >= 0.6 is 11.6 Å². The van der Waals surface area contributed by atoms with Gasteiger partial charge in [-0.05, 0) is 37.4 Å². The Balaban J connectivity index is 2.49. The van der Waals surface area contributed by atoms with E-state index >= 15 is 0 Å². The lowest BCUT2D eigenvalue weighted by Gasteiger charge is -2.13. The minimum atomic E-state index is 0.144. The van der Waals surface area contributed by atoms with E-state index in [1.54, 1.807) is 0 Å². The van der Waals surface area contributed by atoms with Gasteiger partial charge in [-0.15, -0.1) is 0 Å². The molecule has 2 rings (SSSR count). The quantitative estimate of drug-likeness (QED) is 0.909. The smallest absolute Gasteiger partial charge is 0.142 e. The molecule has 0 spiro atoms. The van der Waals surface area contributed by atoms with Gasteiger partial charge in [0, 0.05) is 12.1 Å². The highest BCUT2D eigenvalue weighted by atomic mass is 35.5. The summed E-state index contributed by atoms with van der Waals surface area (Å²) in [6.45, 7) is 0.792.